The summed E-state index contributed by atoms with van der Waals surface area (Å²) >= 11 is 0. The molecule has 126 valence electrons. The van der Waals surface area contributed by atoms with Crippen molar-refractivity contribution in [2.75, 3.05) is 13.2 Å². The van der Waals surface area contributed by atoms with Gasteiger partial charge >= 0.3 is 5.97 Å². The standard InChI is InChI=1S/C18H25NO4/c1-12(2)17-14(9-10-23-17)11-19-16(20)8-7-13-5-3-4-6-15(13)18(21)22/h3-6,12,14,17H,7-11H2,1-2H3,(H,19,20)(H,21,22). The van der Waals surface area contributed by atoms with Crippen molar-refractivity contribution in [3.05, 3.63) is 35.4 Å². The Kier molecular flexibility index (Phi) is 6.16. The molecule has 0 bridgehead atoms. The highest BCUT2D eigenvalue weighted by Crippen LogP contribution is 2.26. The molecule has 0 aromatic heterocycles. The van der Waals surface area contributed by atoms with Crippen molar-refractivity contribution in [1.29, 1.82) is 0 Å². The normalized spacial score (nSPS) is 20.7. The monoisotopic (exact) mass is 319 g/mol. The Morgan fingerprint density at radius 2 is 2.09 bits per heavy atom. The number of hydrogen-bond acceptors (Lipinski definition) is 3. The van der Waals surface area contributed by atoms with Crippen molar-refractivity contribution >= 4 is 11.9 Å². The lowest BCUT2D eigenvalue weighted by atomic mass is 9.93. The maximum absolute atomic E-state index is 12.0. The third kappa shape index (κ3) is 4.79. The molecule has 1 saturated heterocycles. The fourth-order valence-corrected chi connectivity index (χ4v) is 3.14. The minimum Gasteiger partial charge on any atom is -0.478 e. The molecule has 1 amide bonds. The van der Waals surface area contributed by atoms with Gasteiger partial charge in [-0.2, -0.15) is 0 Å². The van der Waals surface area contributed by atoms with Crippen LogP contribution in [-0.2, 0) is 16.0 Å². The number of nitrogens with one attached hydrogen (secondary N) is 1. The average molecular weight is 319 g/mol. The lowest BCUT2D eigenvalue weighted by molar-refractivity contribution is -0.121. The summed E-state index contributed by atoms with van der Waals surface area (Å²) in [5, 5.41) is 12.1. The number of ether oxygens (including phenoxy) is 1. The zero-order chi connectivity index (χ0) is 16.8. The zero-order valence-electron chi connectivity index (χ0n) is 13.7. The number of hydrogen-bond donors (Lipinski definition) is 2. The quantitative estimate of drug-likeness (QED) is 0.809. The van der Waals surface area contributed by atoms with Gasteiger partial charge in [-0.05, 0) is 30.4 Å². The van der Waals surface area contributed by atoms with Gasteiger partial charge < -0.3 is 15.2 Å². The summed E-state index contributed by atoms with van der Waals surface area (Å²) in [5.41, 5.74) is 0.962. The molecule has 1 aromatic carbocycles. The molecule has 0 saturated carbocycles. The van der Waals surface area contributed by atoms with Crippen LogP contribution < -0.4 is 5.32 Å². The van der Waals surface area contributed by atoms with Gasteiger partial charge in [-0.15, -0.1) is 0 Å². The number of carbonyl (C=O) groups excluding carboxylic acids is 1. The average Bonchev–Trinajstić information content (AvgIpc) is 3.00. The number of aromatic carboxylic acids is 1. The predicted molar refractivity (Wildman–Crippen MR) is 87.4 cm³/mol. The summed E-state index contributed by atoms with van der Waals surface area (Å²) in [7, 11) is 0. The lowest BCUT2D eigenvalue weighted by Gasteiger charge is -2.22. The summed E-state index contributed by atoms with van der Waals surface area (Å²) in [6.45, 7) is 5.65. The van der Waals surface area contributed by atoms with Crippen molar-refractivity contribution < 1.29 is 19.4 Å². The van der Waals surface area contributed by atoms with Crippen LogP contribution in [0.5, 0.6) is 0 Å². The second-order valence-electron chi connectivity index (χ2n) is 6.39. The maximum Gasteiger partial charge on any atom is 0.335 e. The first-order valence-corrected chi connectivity index (χ1v) is 8.18. The van der Waals surface area contributed by atoms with Crippen LogP contribution in [0, 0.1) is 11.8 Å². The Balaban J connectivity index is 1.81. The van der Waals surface area contributed by atoms with Gasteiger partial charge in [0, 0.05) is 25.5 Å². The Labute approximate surface area is 137 Å². The molecule has 0 radical (unpaired) electrons. The molecule has 1 aromatic rings. The molecule has 1 aliphatic heterocycles. The van der Waals surface area contributed by atoms with Gasteiger partial charge in [-0.1, -0.05) is 32.0 Å². The van der Waals surface area contributed by atoms with E-state index in [1.54, 1.807) is 24.3 Å². The van der Waals surface area contributed by atoms with Gasteiger partial charge in [0.05, 0.1) is 11.7 Å². The first-order chi connectivity index (χ1) is 11.0. The summed E-state index contributed by atoms with van der Waals surface area (Å²) in [6, 6.07) is 6.82. The summed E-state index contributed by atoms with van der Waals surface area (Å²) in [6.07, 6.45) is 1.92. The van der Waals surface area contributed by atoms with Crippen LogP contribution in [0.15, 0.2) is 24.3 Å². The smallest absolute Gasteiger partial charge is 0.335 e. The van der Waals surface area contributed by atoms with E-state index in [9.17, 15) is 9.59 Å². The van der Waals surface area contributed by atoms with Crippen LogP contribution in [0.2, 0.25) is 0 Å². The third-order valence-electron chi connectivity index (χ3n) is 4.35. The van der Waals surface area contributed by atoms with E-state index in [0.29, 0.717) is 36.8 Å². The molecule has 1 heterocycles. The van der Waals surface area contributed by atoms with E-state index in [0.717, 1.165) is 13.0 Å². The van der Waals surface area contributed by atoms with Crippen molar-refractivity contribution in [2.24, 2.45) is 11.8 Å². The number of carboxylic acids is 1. The number of benzene rings is 1. The summed E-state index contributed by atoms with van der Waals surface area (Å²) in [4.78, 5) is 23.2. The summed E-state index contributed by atoms with van der Waals surface area (Å²) in [5.74, 6) is -0.185. The van der Waals surface area contributed by atoms with E-state index in [2.05, 4.69) is 19.2 Å². The first kappa shape index (κ1) is 17.5. The molecule has 2 rings (SSSR count). The molecular formula is C18H25NO4. The minimum atomic E-state index is -0.955. The third-order valence-corrected chi connectivity index (χ3v) is 4.35. The van der Waals surface area contributed by atoms with Gasteiger partial charge in [-0.25, -0.2) is 4.79 Å². The fourth-order valence-electron chi connectivity index (χ4n) is 3.14. The van der Waals surface area contributed by atoms with Crippen molar-refractivity contribution in [2.45, 2.75) is 39.2 Å². The Hall–Kier alpha value is -1.88. The molecular weight excluding hydrogens is 294 g/mol. The minimum absolute atomic E-state index is 0.0420. The van der Waals surface area contributed by atoms with Crippen molar-refractivity contribution in [3.8, 4) is 0 Å². The lowest BCUT2D eigenvalue weighted by Crippen LogP contribution is -2.35. The van der Waals surface area contributed by atoms with Crippen LogP contribution in [-0.4, -0.2) is 36.2 Å². The first-order valence-electron chi connectivity index (χ1n) is 8.18. The van der Waals surface area contributed by atoms with Gasteiger partial charge in [0.1, 0.15) is 0 Å². The van der Waals surface area contributed by atoms with E-state index in [-0.39, 0.29) is 17.6 Å². The molecule has 2 atom stereocenters. The molecule has 5 nitrogen and oxygen atoms in total. The molecule has 0 aliphatic carbocycles. The second kappa shape index (κ2) is 8.11. The van der Waals surface area contributed by atoms with E-state index in [1.807, 2.05) is 0 Å². The Morgan fingerprint density at radius 1 is 1.35 bits per heavy atom. The molecule has 5 heteroatoms. The predicted octanol–water partition coefficient (Wildman–Crippen LogP) is 2.49. The van der Waals surface area contributed by atoms with E-state index >= 15 is 0 Å². The van der Waals surface area contributed by atoms with Crippen molar-refractivity contribution in [3.63, 3.8) is 0 Å². The fraction of sp³-hybridized carbons (Fsp3) is 0.556. The van der Waals surface area contributed by atoms with Crippen LogP contribution in [0.25, 0.3) is 0 Å². The molecule has 1 fully saturated rings. The van der Waals surface area contributed by atoms with E-state index in [1.165, 1.54) is 0 Å². The number of carbonyl (C=O) groups is 2. The van der Waals surface area contributed by atoms with Crippen LogP contribution in [0.1, 0.15) is 42.6 Å². The molecule has 2 unspecified atom stereocenters. The van der Waals surface area contributed by atoms with Crippen molar-refractivity contribution in [1.82, 2.24) is 5.32 Å². The highest BCUT2D eigenvalue weighted by molar-refractivity contribution is 5.89. The molecule has 23 heavy (non-hydrogen) atoms. The van der Waals surface area contributed by atoms with Gasteiger partial charge in [-0.3, -0.25) is 4.79 Å². The summed E-state index contributed by atoms with van der Waals surface area (Å²) < 4.78 is 5.71. The number of amides is 1. The van der Waals surface area contributed by atoms with Crippen LogP contribution in [0.4, 0.5) is 0 Å². The topological polar surface area (TPSA) is 75.6 Å². The number of carboxylic acid groups (broad SMARTS) is 1. The SMILES string of the molecule is CC(C)C1OCCC1CNC(=O)CCc1ccccc1C(=O)O. The number of rotatable bonds is 7. The highest BCUT2D eigenvalue weighted by atomic mass is 16.5. The number of aryl methyl sites for hydroxylation is 1. The molecule has 1 aliphatic rings. The van der Waals surface area contributed by atoms with Crippen LogP contribution in [0.3, 0.4) is 0 Å². The molecule has 2 N–H and O–H groups in total. The van der Waals surface area contributed by atoms with Gasteiger partial charge in [0.15, 0.2) is 0 Å². The van der Waals surface area contributed by atoms with E-state index in [4.69, 9.17) is 9.84 Å². The highest BCUT2D eigenvalue weighted by Gasteiger charge is 2.30. The largest absolute Gasteiger partial charge is 0.478 e. The Morgan fingerprint density at radius 3 is 2.78 bits per heavy atom. The zero-order valence-corrected chi connectivity index (χ0v) is 13.7. The second-order valence-corrected chi connectivity index (χ2v) is 6.39. The Bertz CT molecular complexity index is 556. The van der Waals surface area contributed by atoms with Gasteiger partial charge in [0.25, 0.3) is 0 Å². The van der Waals surface area contributed by atoms with E-state index < -0.39 is 5.97 Å². The maximum atomic E-state index is 12.0. The molecule has 0 spiro atoms. The van der Waals surface area contributed by atoms with Crippen LogP contribution >= 0.6 is 0 Å². The van der Waals surface area contributed by atoms with Gasteiger partial charge in [0.2, 0.25) is 5.91 Å².